The number of aromatic nitrogens is 2. The van der Waals surface area contributed by atoms with Crippen LogP contribution in [0.5, 0.6) is 0 Å². The average molecular weight is 254 g/mol. The molecule has 1 aliphatic carbocycles. The van der Waals surface area contributed by atoms with Crippen molar-refractivity contribution in [2.24, 2.45) is 5.41 Å². The summed E-state index contributed by atoms with van der Waals surface area (Å²) in [6.45, 7) is 3.03. The van der Waals surface area contributed by atoms with Crippen molar-refractivity contribution in [2.45, 2.75) is 26.3 Å². The van der Waals surface area contributed by atoms with Gasteiger partial charge in [0, 0.05) is 12.6 Å². The van der Waals surface area contributed by atoms with Crippen molar-refractivity contribution < 1.29 is 4.39 Å². The lowest BCUT2D eigenvalue weighted by Gasteiger charge is -2.11. The molecular formula is C12H13ClFN3. The predicted octanol–water partition coefficient (Wildman–Crippen LogP) is 3.21. The maximum Gasteiger partial charge on any atom is 0.201 e. The van der Waals surface area contributed by atoms with Gasteiger partial charge < -0.3 is 10.3 Å². The lowest BCUT2D eigenvalue weighted by molar-refractivity contribution is 0.476. The Hall–Kier alpha value is -1.29. The van der Waals surface area contributed by atoms with E-state index in [0.717, 1.165) is 12.1 Å². The Kier molecular flexibility index (Phi) is 2.14. The second kappa shape index (κ2) is 3.35. The first kappa shape index (κ1) is 10.8. The van der Waals surface area contributed by atoms with E-state index in [1.807, 2.05) is 4.57 Å². The molecule has 2 aromatic rings. The summed E-state index contributed by atoms with van der Waals surface area (Å²) in [6, 6.07) is 2.93. The number of nitrogen functional groups attached to an aromatic ring is 1. The highest BCUT2D eigenvalue weighted by Gasteiger charge is 2.38. The number of halogens is 2. The molecule has 3 nitrogen and oxygen atoms in total. The number of imidazole rings is 1. The van der Waals surface area contributed by atoms with Crippen molar-refractivity contribution in [1.29, 1.82) is 0 Å². The van der Waals surface area contributed by atoms with Gasteiger partial charge in [0.15, 0.2) is 0 Å². The van der Waals surface area contributed by atoms with E-state index in [2.05, 4.69) is 11.9 Å². The average Bonchev–Trinajstić information content (AvgIpc) is 2.91. The standard InChI is InChI=1S/C12H13ClFN3/c1-12(2-3-12)6-17-10-4-7(13)8(14)5-9(10)16-11(17)15/h4-5H,2-3,6H2,1H3,(H2,15,16). The number of anilines is 1. The Morgan fingerprint density at radius 2 is 2.24 bits per heavy atom. The van der Waals surface area contributed by atoms with E-state index in [0.29, 0.717) is 16.9 Å². The largest absolute Gasteiger partial charge is 0.369 e. The monoisotopic (exact) mass is 253 g/mol. The zero-order valence-electron chi connectivity index (χ0n) is 9.50. The molecule has 0 atom stereocenters. The van der Waals surface area contributed by atoms with E-state index in [1.54, 1.807) is 6.07 Å². The van der Waals surface area contributed by atoms with E-state index in [1.165, 1.54) is 18.9 Å². The van der Waals surface area contributed by atoms with Crippen LogP contribution in [-0.2, 0) is 6.54 Å². The maximum atomic E-state index is 13.3. The van der Waals surface area contributed by atoms with Gasteiger partial charge in [0.25, 0.3) is 0 Å². The fourth-order valence-corrected chi connectivity index (χ4v) is 2.22. The highest BCUT2D eigenvalue weighted by Crippen LogP contribution is 2.47. The molecule has 0 aliphatic heterocycles. The zero-order chi connectivity index (χ0) is 12.2. The summed E-state index contributed by atoms with van der Waals surface area (Å²) in [4.78, 5) is 4.17. The Bertz CT molecular complexity index is 601. The van der Waals surface area contributed by atoms with Crippen LogP contribution in [0.25, 0.3) is 11.0 Å². The minimum atomic E-state index is -0.457. The van der Waals surface area contributed by atoms with Crippen LogP contribution in [0.3, 0.4) is 0 Å². The van der Waals surface area contributed by atoms with E-state index in [-0.39, 0.29) is 5.02 Å². The van der Waals surface area contributed by atoms with Crippen LogP contribution in [-0.4, -0.2) is 9.55 Å². The van der Waals surface area contributed by atoms with Gasteiger partial charge in [-0.25, -0.2) is 9.37 Å². The van der Waals surface area contributed by atoms with Crippen molar-refractivity contribution in [2.75, 3.05) is 5.73 Å². The molecule has 17 heavy (non-hydrogen) atoms. The van der Waals surface area contributed by atoms with Crippen molar-refractivity contribution >= 4 is 28.6 Å². The van der Waals surface area contributed by atoms with Crippen LogP contribution in [0, 0.1) is 11.2 Å². The molecular weight excluding hydrogens is 241 g/mol. The van der Waals surface area contributed by atoms with E-state index >= 15 is 0 Å². The molecule has 1 aliphatic rings. The topological polar surface area (TPSA) is 43.8 Å². The number of hydrogen-bond acceptors (Lipinski definition) is 2. The number of nitrogens with zero attached hydrogens (tertiary/aromatic N) is 2. The van der Waals surface area contributed by atoms with Gasteiger partial charge in [-0.1, -0.05) is 18.5 Å². The van der Waals surface area contributed by atoms with E-state index in [4.69, 9.17) is 17.3 Å². The van der Waals surface area contributed by atoms with Crippen LogP contribution in [0.1, 0.15) is 19.8 Å². The molecule has 0 amide bonds. The molecule has 1 saturated carbocycles. The van der Waals surface area contributed by atoms with Gasteiger partial charge in [-0.2, -0.15) is 0 Å². The minimum Gasteiger partial charge on any atom is -0.369 e. The minimum absolute atomic E-state index is 0.111. The fourth-order valence-electron chi connectivity index (χ4n) is 2.06. The summed E-state index contributed by atoms with van der Waals surface area (Å²) >= 11 is 5.80. The van der Waals surface area contributed by atoms with Gasteiger partial charge in [-0.15, -0.1) is 0 Å². The van der Waals surface area contributed by atoms with Gasteiger partial charge >= 0.3 is 0 Å². The fraction of sp³-hybridized carbons (Fsp3) is 0.417. The Morgan fingerprint density at radius 1 is 1.53 bits per heavy atom. The SMILES string of the molecule is CC1(Cn2c(N)nc3cc(F)c(Cl)cc32)CC1. The van der Waals surface area contributed by atoms with Crippen LogP contribution in [0.2, 0.25) is 5.02 Å². The Balaban J connectivity index is 2.16. The quantitative estimate of drug-likeness (QED) is 0.893. The van der Waals surface area contributed by atoms with Gasteiger partial charge in [0.1, 0.15) is 5.82 Å². The van der Waals surface area contributed by atoms with E-state index < -0.39 is 5.82 Å². The Morgan fingerprint density at radius 3 is 2.88 bits per heavy atom. The third-order valence-electron chi connectivity index (χ3n) is 3.46. The molecule has 0 saturated heterocycles. The van der Waals surface area contributed by atoms with Gasteiger partial charge in [-0.05, 0) is 24.3 Å². The molecule has 5 heteroatoms. The number of nitrogens with two attached hydrogens (primary N) is 1. The first-order valence-electron chi connectivity index (χ1n) is 5.59. The highest BCUT2D eigenvalue weighted by atomic mass is 35.5. The molecule has 2 N–H and O–H groups in total. The van der Waals surface area contributed by atoms with Gasteiger partial charge in [0.2, 0.25) is 5.95 Å². The summed E-state index contributed by atoms with van der Waals surface area (Å²) in [6.07, 6.45) is 2.39. The number of rotatable bonds is 2. The number of hydrogen-bond donors (Lipinski definition) is 1. The van der Waals surface area contributed by atoms with Crippen LogP contribution in [0.15, 0.2) is 12.1 Å². The lowest BCUT2D eigenvalue weighted by Crippen LogP contribution is -2.10. The van der Waals surface area contributed by atoms with Crippen LogP contribution >= 0.6 is 11.6 Å². The first-order chi connectivity index (χ1) is 7.98. The summed E-state index contributed by atoms with van der Waals surface area (Å²) in [5.74, 6) is -0.0313. The molecule has 0 spiro atoms. The second-order valence-electron chi connectivity index (χ2n) is 5.12. The zero-order valence-corrected chi connectivity index (χ0v) is 10.3. The molecule has 1 aromatic heterocycles. The molecule has 1 aromatic carbocycles. The third-order valence-corrected chi connectivity index (χ3v) is 3.75. The molecule has 0 unspecified atom stereocenters. The maximum absolute atomic E-state index is 13.3. The normalized spacial score (nSPS) is 17.6. The molecule has 90 valence electrons. The summed E-state index contributed by atoms with van der Waals surface area (Å²) < 4.78 is 15.2. The molecule has 1 heterocycles. The highest BCUT2D eigenvalue weighted by molar-refractivity contribution is 6.31. The summed E-state index contributed by atoms with van der Waals surface area (Å²) in [7, 11) is 0. The van der Waals surface area contributed by atoms with Crippen LogP contribution < -0.4 is 5.73 Å². The third kappa shape index (κ3) is 1.76. The Labute approximate surface area is 103 Å². The van der Waals surface area contributed by atoms with Gasteiger partial charge in [-0.3, -0.25) is 0 Å². The van der Waals surface area contributed by atoms with Crippen molar-refractivity contribution in [3.05, 3.63) is 23.0 Å². The number of benzene rings is 1. The van der Waals surface area contributed by atoms with Crippen LogP contribution in [0.4, 0.5) is 10.3 Å². The second-order valence-corrected chi connectivity index (χ2v) is 5.53. The van der Waals surface area contributed by atoms with Crippen molar-refractivity contribution in [1.82, 2.24) is 9.55 Å². The first-order valence-corrected chi connectivity index (χ1v) is 5.97. The lowest BCUT2D eigenvalue weighted by atomic mass is 10.1. The van der Waals surface area contributed by atoms with Crippen molar-refractivity contribution in [3.8, 4) is 0 Å². The van der Waals surface area contributed by atoms with E-state index in [9.17, 15) is 4.39 Å². The predicted molar refractivity (Wildman–Crippen MR) is 66.5 cm³/mol. The van der Waals surface area contributed by atoms with Crippen molar-refractivity contribution in [3.63, 3.8) is 0 Å². The summed E-state index contributed by atoms with van der Waals surface area (Å²) in [5.41, 5.74) is 7.55. The molecule has 0 bridgehead atoms. The molecule has 1 fully saturated rings. The molecule has 3 rings (SSSR count). The number of fused-ring (bicyclic) bond motifs is 1. The molecule has 0 radical (unpaired) electrons. The smallest absolute Gasteiger partial charge is 0.201 e. The van der Waals surface area contributed by atoms with Gasteiger partial charge in [0.05, 0.1) is 16.1 Å². The summed E-state index contributed by atoms with van der Waals surface area (Å²) in [5, 5.41) is 0.111.